The molecule has 2 aromatic heterocycles. The number of rotatable bonds is 2. The Balaban J connectivity index is 1.58. The van der Waals surface area contributed by atoms with Crippen LogP contribution >= 0.6 is 11.3 Å². The maximum Gasteiger partial charge on any atom is 0.270 e. The van der Waals surface area contributed by atoms with Gasteiger partial charge in [0.1, 0.15) is 5.69 Å². The smallest absolute Gasteiger partial charge is 0.270 e. The van der Waals surface area contributed by atoms with Crippen LogP contribution in [0.5, 0.6) is 0 Å². The number of carbonyl (C=O) groups is 1. The summed E-state index contributed by atoms with van der Waals surface area (Å²) in [5, 5.41) is 6.10. The van der Waals surface area contributed by atoms with E-state index in [4.69, 9.17) is 6.42 Å². The van der Waals surface area contributed by atoms with Gasteiger partial charge in [0.25, 0.3) is 5.91 Å². The van der Waals surface area contributed by atoms with Crippen molar-refractivity contribution in [1.29, 1.82) is 0 Å². The molecule has 5 heterocycles. The van der Waals surface area contributed by atoms with Crippen LogP contribution in [0.3, 0.4) is 0 Å². The molecular formula is C18H19N3OS. The summed E-state index contributed by atoms with van der Waals surface area (Å²) in [7, 11) is 0. The molecule has 3 fully saturated rings. The molecule has 5 heteroatoms. The lowest BCUT2D eigenvalue weighted by Crippen LogP contribution is -2.62. The van der Waals surface area contributed by atoms with Crippen molar-refractivity contribution < 1.29 is 4.79 Å². The summed E-state index contributed by atoms with van der Waals surface area (Å²) >= 11 is 1.56. The minimum absolute atomic E-state index is 0.0910. The van der Waals surface area contributed by atoms with E-state index in [0.717, 1.165) is 28.7 Å². The van der Waals surface area contributed by atoms with E-state index in [1.54, 1.807) is 17.5 Å². The lowest BCUT2D eigenvalue weighted by molar-refractivity contribution is 0.0216. The number of nitrogens with one attached hydrogen (secondary N) is 1. The lowest BCUT2D eigenvalue weighted by atomic mass is 9.79. The number of piperidine rings is 3. The number of terminal acetylenes is 1. The van der Waals surface area contributed by atoms with Crippen LogP contribution in [0.4, 0.5) is 0 Å². The molecule has 0 aliphatic carbocycles. The standard InChI is InChI=1S/C18H19N3OS/c1-3-12-10-23-16-9-19-15(8-14(12)16)18(22)20-17-11(2)21-6-4-13(17)5-7-21/h1,8-11,13,17H,4-7H2,2H3,(H,20,22)/t11-,17-/m0/s1. The molecule has 4 nitrogen and oxygen atoms in total. The first-order chi connectivity index (χ1) is 11.2. The third-order valence-electron chi connectivity index (χ3n) is 5.32. The van der Waals surface area contributed by atoms with Gasteiger partial charge in [0.2, 0.25) is 0 Å². The first kappa shape index (κ1) is 14.7. The van der Waals surface area contributed by atoms with E-state index in [1.807, 2.05) is 11.4 Å². The lowest BCUT2D eigenvalue weighted by Gasteiger charge is -2.49. The zero-order valence-electron chi connectivity index (χ0n) is 13.1. The molecule has 2 bridgehead atoms. The van der Waals surface area contributed by atoms with Gasteiger partial charge < -0.3 is 5.32 Å². The highest BCUT2D eigenvalue weighted by Crippen LogP contribution is 2.32. The van der Waals surface area contributed by atoms with Crippen LogP contribution < -0.4 is 5.32 Å². The molecule has 5 rings (SSSR count). The van der Waals surface area contributed by atoms with Crippen molar-refractivity contribution in [3.05, 3.63) is 28.9 Å². The molecule has 1 N–H and O–H groups in total. The quantitative estimate of drug-likeness (QED) is 0.863. The van der Waals surface area contributed by atoms with Gasteiger partial charge >= 0.3 is 0 Å². The molecule has 1 amide bonds. The number of fused-ring (bicyclic) bond motifs is 4. The number of thiophene rings is 1. The number of hydrogen-bond donors (Lipinski definition) is 1. The summed E-state index contributed by atoms with van der Waals surface area (Å²) < 4.78 is 1.02. The van der Waals surface area contributed by atoms with Gasteiger partial charge in [-0.2, -0.15) is 0 Å². The molecule has 23 heavy (non-hydrogen) atoms. The summed E-state index contributed by atoms with van der Waals surface area (Å²) in [6, 6.07) is 2.44. The van der Waals surface area contributed by atoms with Crippen molar-refractivity contribution in [2.24, 2.45) is 5.92 Å². The summed E-state index contributed by atoms with van der Waals surface area (Å²) in [6.07, 6.45) is 9.62. The highest BCUT2D eigenvalue weighted by atomic mass is 32.1. The van der Waals surface area contributed by atoms with Gasteiger partial charge in [0.05, 0.1) is 4.70 Å². The number of carbonyl (C=O) groups excluding carboxylic acids is 1. The minimum Gasteiger partial charge on any atom is -0.346 e. The Kier molecular flexibility index (Phi) is 3.59. The molecule has 3 saturated heterocycles. The molecule has 3 aliphatic heterocycles. The largest absolute Gasteiger partial charge is 0.346 e. The van der Waals surface area contributed by atoms with Gasteiger partial charge in [-0.15, -0.1) is 17.8 Å². The normalized spacial score (nSPS) is 29.4. The summed E-state index contributed by atoms with van der Waals surface area (Å²) in [4.78, 5) is 19.5. The van der Waals surface area contributed by atoms with E-state index in [1.165, 1.54) is 12.8 Å². The highest BCUT2D eigenvalue weighted by molar-refractivity contribution is 7.17. The van der Waals surface area contributed by atoms with Crippen LogP contribution in [0.15, 0.2) is 17.6 Å². The Hall–Kier alpha value is -1.90. The van der Waals surface area contributed by atoms with E-state index in [0.29, 0.717) is 17.7 Å². The monoisotopic (exact) mass is 325 g/mol. The van der Waals surface area contributed by atoms with E-state index in [2.05, 4.69) is 28.0 Å². The van der Waals surface area contributed by atoms with Gasteiger partial charge in [-0.25, -0.2) is 4.98 Å². The maximum atomic E-state index is 12.7. The number of aromatic nitrogens is 1. The third-order valence-corrected chi connectivity index (χ3v) is 6.26. The minimum atomic E-state index is -0.0910. The van der Waals surface area contributed by atoms with Crippen LogP contribution in [-0.2, 0) is 0 Å². The van der Waals surface area contributed by atoms with Gasteiger partial charge in [-0.1, -0.05) is 5.92 Å². The van der Waals surface area contributed by atoms with Gasteiger partial charge in [-0.05, 0) is 44.8 Å². The van der Waals surface area contributed by atoms with Crippen LogP contribution in [0.2, 0.25) is 0 Å². The molecule has 0 radical (unpaired) electrons. The summed E-state index contributed by atoms with van der Waals surface area (Å²) in [5.74, 6) is 3.17. The molecule has 3 aliphatic rings. The van der Waals surface area contributed by atoms with Crippen LogP contribution in [-0.4, -0.2) is 41.0 Å². The highest BCUT2D eigenvalue weighted by Gasteiger charge is 2.40. The Labute approximate surface area is 139 Å². The molecule has 0 saturated carbocycles. The van der Waals surface area contributed by atoms with E-state index in [-0.39, 0.29) is 11.9 Å². The summed E-state index contributed by atoms with van der Waals surface area (Å²) in [6.45, 7) is 4.52. The van der Waals surface area contributed by atoms with E-state index < -0.39 is 0 Å². The second-order valence-electron chi connectivity index (χ2n) is 6.47. The molecule has 0 aromatic carbocycles. The van der Waals surface area contributed by atoms with Gasteiger partial charge in [-0.3, -0.25) is 9.69 Å². The second kappa shape index (κ2) is 5.63. The van der Waals surface area contributed by atoms with Crippen molar-refractivity contribution >= 4 is 27.3 Å². The van der Waals surface area contributed by atoms with Crippen molar-refractivity contribution in [2.75, 3.05) is 13.1 Å². The SMILES string of the molecule is C#Cc1csc2cnc(C(=O)N[C@@H]3C4CCN(CC4)[C@H]3C)cc12. The second-order valence-corrected chi connectivity index (χ2v) is 7.38. The zero-order valence-corrected chi connectivity index (χ0v) is 13.9. The zero-order chi connectivity index (χ0) is 16.0. The Morgan fingerprint density at radius 3 is 2.96 bits per heavy atom. The number of pyridine rings is 1. The van der Waals surface area contributed by atoms with E-state index >= 15 is 0 Å². The molecule has 0 spiro atoms. The topological polar surface area (TPSA) is 45.2 Å². The number of amides is 1. The number of nitrogens with zero attached hydrogens (tertiary/aromatic N) is 2. The predicted molar refractivity (Wildman–Crippen MR) is 92.6 cm³/mol. The van der Waals surface area contributed by atoms with E-state index in [9.17, 15) is 4.79 Å². The Bertz CT molecular complexity index is 796. The van der Waals surface area contributed by atoms with Gasteiger partial charge in [0, 0.05) is 34.6 Å². The van der Waals surface area contributed by atoms with Crippen molar-refractivity contribution in [3.8, 4) is 12.3 Å². The fourth-order valence-electron chi connectivity index (χ4n) is 3.94. The van der Waals surface area contributed by atoms with Crippen LogP contribution in [0.1, 0.15) is 35.8 Å². The van der Waals surface area contributed by atoms with Crippen molar-refractivity contribution in [2.45, 2.75) is 31.8 Å². The third kappa shape index (κ3) is 2.43. The molecular weight excluding hydrogens is 306 g/mol. The van der Waals surface area contributed by atoms with Gasteiger partial charge in [0.15, 0.2) is 0 Å². The van der Waals surface area contributed by atoms with Crippen molar-refractivity contribution in [3.63, 3.8) is 0 Å². The molecule has 118 valence electrons. The van der Waals surface area contributed by atoms with Crippen molar-refractivity contribution in [1.82, 2.24) is 15.2 Å². The van der Waals surface area contributed by atoms with Crippen LogP contribution in [0.25, 0.3) is 10.1 Å². The molecule has 2 atom stereocenters. The molecule has 2 aromatic rings. The first-order valence-corrected chi connectivity index (χ1v) is 8.94. The fraction of sp³-hybridized carbons (Fsp3) is 0.444. The molecule has 0 unspecified atom stereocenters. The fourth-order valence-corrected chi connectivity index (χ4v) is 4.79. The Morgan fingerprint density at radius 2 is 2.26 bits per heavy atom. The van der Waals surface area contributed by atoms with Crippen LogP contribution in [0, 0.1) is 18.3 Å². The average molecular weight is 325 g/mol. The maximum absolute atomic E-state index is 12.7. The average Bonchev–Trinajstić information content (AvgIpc) is 3.00. The predicted octanol–water partition coefficient (Wildman–Crippen LogP) is 2.49. The number of hydrogen-bond acceptors (Lipinski definition) is 4. The first-order valence-electron chi connectivity index (χ1n) is 8.06. The summed E-state index contributed by atoms with van der Waals surface area (Å²) in [5.41, 5.74) is 1.29. The Morgan fingerprint density at radius 1 is 1.48 bits per heavy atom.